The average Bonchev–Trinajstić information content (AvgIpc) is 2.96. The molecule has 4 aromatic rings. The molecule has 0 amide bonds. The Labute approximate surface area is 220 Å². The van der Waals surface area contributed by atoms with Crippen molar-refractivity contribution < 1.29 is 9.09 Å². The molecule has 0 bridgehead atoms. The maximum absolute atomic E-state index is 14.6. The summed E-state index contributed by atoms with van der Waals surface area (Å²) in [5.74, 6) is -1.20. The molecule has 0 aliphatic carbocycles. The van der Waals surface area contributed by atoms with Gasteiger partial charge in [-0.2, -0.15) is 0 Å². The van der Waals surface area contributed by atoms with Crippen LogP contribution in [0.5, 0.6) is 0 Å². The van der Waals surface area contributed by atoms with Crippen LogP contribution < -0.4 is 0 Å². The molecule has 0 spiro atoms. The topological polar surface area (TPSA) is 51.0 Å². The Balaban J connectivity index is 1.79. The van der Waals surface area contributed by atoms with Crippen molar-refractivity contribution in [3.63, 3.8) is 0 Å². The molecular weight excluding hydrogens is 475 g/mol. The van der Waals surface area contributed by atoms with E-state index in [2.05, 4.69) is 0 Å². The minimum atomic E-state index is -3.37. The summed E-state index contributed by atoms with van der Waals surface area (Å²) < 4.78 is 20.6. The van der Waals surface area contributed by atoms with Crippen LogP contribution in [0.4, 0.5) is 0 Å². The van der Waals surface area contributed by atoms with Crippen LogP contribution in [-0.2, 0) is 9.09 Å². The van der Waals surface area contributed by atoms with Gasteiger partial charge < -0.3 is 4.52 Å². The van der Waals surface area contributed by atoms with Crippen molar-refractivity contribution in [1.82, 2.24) is 0 Å². The van der Waals surface area contributed by atoms with E-state index in [9.17, 15) is 4.57 Å². The summed E-state index contributed by atoms with van der Waals surface area (Å²) in [6.45, 7) is 5.93. The van der Waals surface area contributed by atoms with Crippen LogP contribution >= 0.6 is 7.37 Å². The summed E-state index contributed by atoms with van der Waals surface area (Å²) in [7, 11) is -3.37. The number of benzene rings is 4. The van der Waals surface area contributed by atoms with E-state index in [0.29, 0.717) is 6.61 Å². The standard InChI is InChI=1S/C32H33N2O2P/c1-4-36-37(35,25(2)33-31(27-17-9-5-10-18-27)28-19-11-6-12-20-28)26(3)34-32(29-21-13-7-14-22-29)30-23-15-8-16-24-30/h5-26H,4H2,1-3H3. The molecule has 0 saturated heterocycles. The third-order valence-corrected chi connectivity index (χ3v) is 9.17. The van der Waals surface area contributed by atoms with Crippen molar-refractivity contribution in [2.75, 3.05) is 6.61 Å². The number of hydrogen-bond acceptors (Lipinski definition) is 4. The molecule has 188 valence electrons. The van der Waals surface area contributed by atoms with Gasteiger partial charge in [-0.05, 0) is 20.8 Å². The van der Waals surface area contributed by atoms with Gasteiger partial charge in [0.1, 0.15) is 11.6 Å². The van der Waals surface area contributed by atoms with Crippen LogP contribution in [0.25, 0.3) is 0 Å². The summed E-state index contributed by atoms with van der Waals surface area (Å²) in [6, 6.07) is 40.0. The van der Waals surface area contributed by atoms with Gasteiger partial charge in [0.2, 0.25) is 7.37 Å². The number of rotatable bonds is 10. The van der Waals surface area contributed by atoms with E-state index in [-0.39, 0.29) is 0 Å². The predicted octanol–water partition coefficient (Wildman–Crippen LogP) is 8.07. The van der Waals surface area contributed by atoms with Crippen LogP contribution in [0, 0.1) is 0 Å². The minimum absolute atomic E-state index is 0.314. The molecule has 0 aromatic heterocycles. The van der Waals surface area contributed by atoms with E-state index >= 15 is 0 Å². The summed E-state index contributed by atoms with van der Waals surface area (Å²) in [6.07, 6.45) is 0. The number of nitrogens with zero attached hydrogens (tertiary/aromatic N) is 2. The molecule has 0 saturated carbocycles. The van der Waals surface area contributed by atoms with Gasteiger partial charge >= 0.3 is 0 Å². The normalized spacial score (nSPS) is 14.1. The minimum Gasteiger partial charge on any atom is -0.326 e. The van der Waals surface area contributed by atoms with Gasteiger partial charge in [-0.1, -0.05) is 121 Å². The molecule has 0 N–H and O–H groups in total. The van der Waals surface area contributed by atoms with Gasteiger partial charge in [0.15, 0.2) is 0 Å². The second-order valence-corrected chi connectivity index (χ2v) is 11.8. The van der Waals surface area contributed by atoms with Crippen LogP contribution in [0.15, 0.2) is 131 Å². The van der Waals surface area contributed by atoms with E-state index in [1.54, 1.807) is 0 Å². The molecule has 4 aromatic carbocycles. The molecule has 2 atom stereocenters. The molecule has 0 aliphatic heterocycles. The predicted molar refractivity (Wildman–Crippen MR) is 155 cm³/mol. The lowest BCUT2D eigenvalue weighted by atomic mass is 10.0. The fourth-order valence-corrected chi connectivity index (χ4v) is 6.29. The smallest absolute Gasteiger partial charge is 0.250 e. The first kappa shape index (κ1) is 26.5. The maximum atomic E-state index is 14.6. The molecule has 0 heterocycles. The highest BCUT2D eigenvalue weighted by molar-refractivity contribution is 7.60. The fraction of sp³-hybridized carbons (Fsp3) is 0.188. The van der Waals surface area contributed by atoms with Crippen molar-refractivity contribution >= 4 is 18.8 Å². The molecule has 4 nitrogen and oxygen atoms in total. The van der Waals surface area contributed by atoms with Crippen LogP contribution in [0.1, 0.15) is 43.0 Å². The Morgan fingerprint density at radius 2 is 0.865 bits per heavy atom. The van der Waals surface area contributed by atoms with E-state index in [4.69, 9.17) is 14.5 Å². The number of aliphatic imine (C=N–C) groups is 2. The van der Waals surface area contributed by atoms with Crippen molar-refractivity contribution in [3.8, 4) is 0 Å². The molecule has 0 fully saturated rings. The highest BCUT2D eigenvalue weighted by Crippen LogP contribution is 2.57. The Kier molecular flexibility index (Phi) is 9.00. The summed E-state index contributed by atoms with van der Waals surface area (Å²) in [5, 5.41) is 0. The van der Waals surface area contributed by atoms with Gasteiger partial charge in [-0.25, -0.2) is 0 Å². The third-order valence-electron chi connectivity index (χ3n) is 6.19. The molecular formula is C32H33N2O2P. The lowest BCUT2D eigenvalue weighted by Gasteiger charge is -2.27. The van der Waals surface area contributed by atoms with Gasteiger partial charge in [0.25, 0.3) is 0 Å². The highest BCUT2D eigenvalue weighted by atomic mass is 31.2. The van der Waals surface area contributed by atoms with Crippen molar-refractivity contribution in [2.45, 2.75) is 32.3 Å². The van der Waals surface area contributed by atoms with Gasteiger partial charge in [-0.3, -0.25) is 14.5 Å². The largest absolute Gasteiger partial charge is 0.326 e. The summed E-state index contributed by atoms with van der Waals surface area (Å²) in [5.41, 5.74) is 5.44. The molecule has 5 heteroatoms. The Morgan fingerprint density at radius 3 is 1.11 bits per heavy atom. The molecule has 0 radical (unpaired) electrons. The SMILES string of the molecule is CCOP(=O)(C(C)N=C(c1ccccc1)c1ccccc1)C(C)N=C(c1ccccc1)c1ccccc1. The lowest BCUT2D eigenvalue weighted by molar-refractivity contribution is 0.320. The molecule has 4 rings (SSSR count). The van der Waals surface area contributed by atoms with Gasteiger partial charge in [0, 0.05) is 22.3 Å². The zero-order chi connectivity index (χ0) is 26.1. The highest BCUT2D eigenvalue weighted by Gasteiger charge is 2.38. The van der Waals surface area contributed by atoms with Crippen molar-refractivity contribution in [2.24, 2.45) is 9.98 Å². The molecule has 37 heavy (non-hydrogen) atoms. The Bertz CT molecular complexity index is 1190. The average molecular weight is 509 g/mol. The monoisotopic (exact) mass is 508 g/mol. The molecule has 2 unspecified atom stereocenters. The van der Waals surface area contributed by atoms with Crippen molar-refractivity contribution in [1.29, 1.82) is 0 Å². The fourth-order valence-electron chi connectivity index (χ4n) is 4.28. The maximum Gasteiger partial charge on any atom is 0.250 e. The quantitative estimate of drug-likeness (QED) is 0.161. The first-order valence-corrected chi connectivity index (χ1v) is 14.4. The summed E-state index contributed by atoms with van der Waals surface area (Å²) >= 11 is 0. The Hall–Kier alpha value is -3.59. The van der Waals surface area contributed by atoms with Crippen LogP contribution in [0.3, 0.4) is 0 Å². The zero-order valence-electron chi connectivity index (χ0n) is 21.6. The van der Waals surface area contributed by atoms with E-state index in [0.717, 1.165) is 33.7 Å². The second kappa shape index (κ2) is 12.6. The van der Waals surface area contributed by atoms with Gasteiger partial charge in [-0.15, -0.1) is 0 Å². The van der Waals surface area contributed by atoms with E-state index in [1.807, 2.05) is 142 Å². The molecule has 0 aliphatic rings. The third kappa shape index (κ3) is 6.40. The first-order chi connectivity index (χ1) is 18.0. The second-order valence-electron chi connectivity index (χ2n) is 8.75. The van der Waals surface area contributed by atoms with Crippen molar-refractivity contribution in [3.05, 3.63) is 144 Å². The van der Waals surface area contributed by atoms with E-state index < -0.39 is 18.9 Å². The van der Waals surface area contributed by atoms with Gasteiger partial charge in [0.05, 0.1) is 18.0 Å². The van der Waals surface area contributed by atoms with E-state index in [1.165, 1.54) is 0 Å². The zero-order valence-corrected chi connectivity index (χ0v) is 22.5. The Morgan fingerprint density at radius 1 is 0.595 bits per heavy atom. The first-order valence-electron chi connectivity index (χ1n) is 12.6. The van der Waals surface area contributed by atoms with Crippen LogP contribution in [0.2, 0.25) is 0 Å². The number of hydrogen-bond donors (Lipinski definition) is 0. The summed E-state index contributed by atoms with van der Waals surface area (Å²) in [4.78, 5) is 10.1. The lowest BCUT2D eigenvalue weighted by Crippen LogP contribution is -2.18. The van der Waals surface area contributed by atoms with Crippen LogP contribution in [-0.4, -0.2) is 29.6 Å².